The fourth-order valence-corrected chi connectivity index (χ4v) is 2.06. The number of nitrogens with one attached hydrogen (secondary N) is 1. The minimum absolute atomic E-state index is 0.174. The first-order valence-electron chi connectivity index (χ1n) is 6.83. The third kappa shape index (κ3) is 2.71. The first-order valence-corrected chi connectivity index (χ1v) is 6.83. The molecule has 3 rings (SSSR count). The average Bonchev–Trinajstić information content (AvgIpc) is 3.18. The van der Waals surface area contributed by atoms with Crippen molar-refractivity contribution in [2.75, 3.05) is 5.32 Å². The molecule has 0 aliphatic carbocycles. The molecule has 0 bridgehead atoms. The van der Waals surface area contributed by atoms with Crippen LogP contribution >= 0.6 is 0 Å². The van der Waals surface area contributed by atoms with Crippen LogP contribution in [0.25, 0.3) is 5.69 Å². The molecular formula is C14H15N7O. The standard InChI is InChI=1S/C14H15N7O/c1-10(2)21-13(7-8-16-21)17-14(22)11-3-5-12(6-4-11)20-9-15-18-19-20/h3-10H,1-2H3,(H,17,22). The average molecular weight is 297 g/mol. The van der Waals surface area contributed by atoms with Crippen molar-refractivity contribution in [2.45, 2.75) is 19.9 Å². The van der Waals surface area contributed by atoms with Crippen LogP contribution < -0.4 is 5.32 Å². The first-order chi connectivity index (χ1) is 10.6. The van der Waals surface area contributed by atoms with Gasteiger partial charge in [-0.25, -0.2) is 9.36 Å². The summed E-state index contributed by atoms with van der Waals surface area (Å²) >= 11 is 0. The molecule has 0 saturated carbocycles. The quantitative estimate of drug-likeness (QED) is 0.791. The van der Waals surface area contributed by atoms with E-state index in [0.717, 1.165) is 5.69 Å². The van der Waals surface area contributed by atoms with Crippen molar-refractivity contribution < 1.29 is 4.79 Å². The highest BCUT2D eigenvalue weighted by molar-refractivity contribution is 6.03. The Morgan fingerprint density at radius 2 is 1.95 bits per heavy atom. The summed E-state index contributed by atoms with van der Waals surface area (Å²) in [5.41, 5.74) is 1.34. The molecule has 3 aromatic rings. The van der Waals surface area contributed by atoms with Crippen molar-refractivity contribution in [1.29, 1.82) is 0 Å². The highest BCUT2D eigenvalue weighted by atomic mass is 16.1. The van der Waals surface area contributed by atoms with Crippen molar-refractivity contribution in [2.24, 2.45) is 0 Å². The molecule has 0 radical (unpaired) electrons. The van der Waals surface area contributed by atoms with E-state index in [0.29, 0.717) is 11.4 Å². The predicted molar refractivity (Wildman–Crippen MR) is 79.7 cm³/mol. The lowest BCUT2D eigenvalue weighted by Gasteiger charge is -2.11. The summed E-state index contributed by atoms with van der Waals surface area (Å²) in [6.45, 7) is 4.01. The summed E-state index contributed by atoms with van der Waals surface area (Å²) in [7, 11) is 0. The Morgan fingerprint density at radius 1 is 1.18 bits per heavy atom. The minimum Gasteiger partial charge on any atom is -0.307 e. The van der Waals surface area contributed by atoms with E-state index in [9.17, 15) is 4.79 Å². The molecule has 8 nitrogen and oxygen atoms in total. The number of hydrogen-bond donors (Lipinski definition) is 1. The second kappa shape index (κ2) is 5.76. The fraction of sp³-hybridized carbons (Fsp3) is 0.214. The van der Waals surface area contributed by atoms with Crippen LogP contribution in [0.2, 0.25) is 0 Å². The molecule has 8 heteroatoms. The lowest BCUT2D eigenvalue weighted by atomic mass is 10.2. The largest absolute Gasteiger partial charge is 0.307 e. The molecule has 0 unspecified atom stereocenters. The number of carbonyl (C=O) groups is 1. The monoisotopic (exact) mass is 297 g/mol. The van der Waals surface area contributed by atoms with E-state index in [1.807, 2.05) is 13.8 Å². The molecule has 0 atom stereocenters. The van der Waals surface area contributed by atoms with Gasteiger partial charge in [-0.1, -0.05) is 0 Å². The zero-order chi connectivity index (χ0) is 15.5. The highest BCUT2D eigenvalue weighted by Crippen LogP contribution is 2.15. The first kappa shape index (κ1) is 13.9. The number of aromatic nitrogens is 6. The van der Waals surface area contributed by atoms with Gasteiger partial charge in [0.25, 0.3) is 5.91 Å². The number of anilines is 1. The fourth-order valence-electron chi connectivity index (χ4n) is 2.06. The van der Waals surface area contributed by atoms with Crippen molar-refractivity contribution in [3.63, 3.8) is 0 Å². The lowest BCUT2D eigenvalue weighted by molar-refractivity contribution is 0.102. The van der Waals surface area contributed by atoms with Gasteiger partial charge in [-0.15, -0.1) is 5.10 Å². The van der Waals surface area contributed by atoms with Crippen LogP contribution in [-0.2, 0) is 0 Å². The van der Waals surface area contributed by atoms with E-state index in [4.69, 9.17) is 0 Å². The Labute approximate surface area is 126 Å². The Hall–Kier alpha value is -3.03. The van der Waals surface area contributed by atoms with Crippen LogP contribution in [0.5, 0.6) is 0 Å². The Kier molecular flexibility index (Phi) is 3.65. The SMILES string of the molecule is CC(C)n1nccc1NC(=O)c1ccc(-n2cnnn2)cc1. The van der Waals surface area contributed by atoms with Gasteiger partial charge in [0.15, 0.2) is 0 Å². The summed E-state index contributed by atoms with van der Waals surface area (Å²) in [4.78, 5) is 12.3. The molecule has 0 aliphatic heterocycles. The van der Waals surface area contributed by atoms with Gasteiger partial charge in [0.2, 0.25) is 0 Å². The lowest BCUT2D eigenvalue weighted by Crippen LogP contribution is -2.16. The van der Waals surface area contributed by atoms with Crippen LogP contribution in [0.3, 0.4) is 0 Å². The third-order valence-corrected chi connectivity index (χ3v) is 3.14. The Bertz CT molecular complexity index is 759. The summed E-state index contributed by atoms with van der Waals surface area (Å²) in [5, 5.41) is 18.0. The van der Waals surface area contributed by atoms with Gasteiger partial charge < -0.3 is 5.32 Å². The van der Waals surface area contributed by atoms with Crippen molar-refractivity contribution in [1.82, 2.24) is 30.0 Å². The van der Waals surface area contributed by atoms with E-state index in [1.54, 1.807) is 41.2 Å². The van der Waals surface area contributed by atoms with Crippen molar-refractivity contribution in [3.8, 4) is 5.69 Å². The molecule has 112 valence electrons. The van der Waals surface area contributed by atoms with Crippen molar-refractivity contribution in [3.05, 3.63) is 48.4 Å². The van der Waals surface area contributed by atoms with E-state index >= 15 is 0 Å². The van der Waals surface area contributed by atoms with E-state index in [1.165, 1.54) is 11.0 Å². The van der Waals surface area contributed by atoms with Gasteiger partial charge in [-0.3, -0.25) is 4.79 Å². The number of rotatable bonds is 4. The molecule has 1 N–H and O–H groups in total. The summed E-state index contributed by atoms with van der Waals surface area (Å²) in [6, 6.07) is 8.96. The molecule has 0 saturated heterocycles. The minimum atomic E-state index is -0.189. The molecule has 0 spiro atoms. The number of nitrogens with zero attached hydrogens (tertiary/aromatic N) is 6. The number of tetrazole rings is 1. The smallest absolute Gasteiger partial charge is 0.256 e. The molecule has 22 heavy (non-hydrogen) atoms. The topological polar surface area (TPSA) is 90.5 Å². The molecular weight excluding hydrogens is 282 g/mol. The Morgan fingerprint density at radius 3 is 2.59 bits per heavy atom. The molecule has 2 aromatic heterocycles. The summed E-state index contributed by atoms with van der Waals surface area (Å²) in [5.74, 6) is 0.482. The maximum absolute atomic E-state index is 12.3. The zero-order valence-electron chi connectivity index (χ0n) is 12.2. The van der Waals surface area contributed by atoms with Crippen LogP contribution in [0.1, 0.15) is 30.2 Å². The molecule has 0 fully saturated rings. The van der Waals surface area contributed by atoms with Crippen LogP contribution in [0, 0.1) is 0 Å². The van der Waals surface area contributed by atoms with Crippen LogP contribution in [-0.4, -0.2) is 35.9 Å². The zero-order valence-corrected chi connectivity index (χ0v) is 12.2. The third-order valence-electron chi connectivity index (χ3n) is 3.14. The van der Waals surface area contributed by atoms with Gasteiger partial charge in [-0.05, 0) is 48.5 Å². The van der Waals surface area contributed by atoms with Gasteiger partial charge >= 0.3 is 0 Å². The van der Waals surface area contributed by atoms with Gasteiger partial charge in [0.1, 0.15) is 12.1 Å². The molecule has 0 aliphatic rings. The van der Waals surface area contributed by atoms with Crippen LogP contribution in [0.15, 0.2) is 42.9 Å². The van der Waals surface area contributed by atoms with Gasteiger partial charge in [0, 0.05) is 17.7 Å². The summed E-state index contributed by atoms with van der Waals surface area (Å²) < 4.78 is 3.28. The predicted octanol–water partition coefficient (Wildman–Crippen LogP) is 1.69. The number of carbonyl (C=O) groups excluding carboxylic acids is 1. The Balaban J connectivity index is 1.76. The molecule has 2 heterocycles. The molecule has 1 aromatic carbocycles. The molecule has 1 amide bonds. The van der Waals surface area contributed by atoms with E-state index in [-0.39, 0.29) is 11.9 Å². The van der Waals surface area contributed by atoms with Gasteiger partial charge in [0.05, 0.1) is 11.9 Å². The number of amides is 1. The van der Waals surface area contributed by atoms with Crippen LogP contribution in [0.4, 0.5) is 5.82 Å². The normalized spacial score (nSPS) is 10.9. The number of benzene rings is 1. The second-order valence-electron chi connectivity index (χ2n) is 5.01. The highest BCUT2D eigenvalue weighted by Gasteiger charge is 2.11. The maximum atomic E-state index is 12.3. The van der Waals surface area contributed by atoms with Crippen molar-refractivity contribution >= 4 is 11.7 Å². The van der Waals surface area contributed by atoms with E-state index < -0.39 is 0 Å². The summed E-state index contributed by atoms with van der Waals surface area (Å²) in [6.07, 6.45) is 3.16. The van der Waals surface area contributed by atoms with Gasteiger partial charge in [-0.2, -0.15) is 5.10 Å². The number of hydrogen-bond acceptors (Lipinski definition) is 5. The maximum Gasteiger partial charge on any atom is 0.256 e. The van der Waals surface area contributed by atoms with E-state index in [2.05, 4.69) is 25.9 Å². The second-order valence-corrected chi connectivity index (χ2v) is 5.01.